The lowest BCUT2D eigenvalue weighted by Gasteiger charge is -2.11. The van der Waals surface area contributed by atoms with Crippen LogP contribution in [0, 0.1) is 0 Å². The molecule has 9 nitrogen and oxygen atoms in total. The zero-order valence-corrected chi connectivity index (χ0v) is 24.5. The minimum Gasteiger partial charge on any atom is -0.340 e. The summed E-state index contributed by atoms with van der Waals surface area (Å²) in [5.41, 5.74) is 5.65. The Balaban J connectivity index is 1.17. The summed E-state index contributed by atoms with van der Waals surface area (Å²) in [6, 6.07) is 34.3. The molecule has 4 N–H and O–H groups in total. The summed E-state index contributed by atoms with van der Waals surface area (Å²) in [7, 11) is 3.86. The van der Waals surface area contributed by atoms with Crippen LogP contribution in [0.2, 0.25) is 0 Å². The zero-order valence-electron chi connectivity index (χ0n) is 24.5. The second-order valence-electron chi connectivity index (χ2n) is 10.2. The van der Waals surface area contributed by atoms with Crippen LogP contribution in [0.15, 0.2) is 128 Å². The fraction of sp³-hybridized carbons (Fsp3) is 0.0857. The number of nitrogens with zero attached hydrogens (tertiary/aromatic N) is 3. The van der Waals surface area contributed by atoms with Crippen molar-refractivity contribution in [2.24, 2.45) is 0 Å². The second kappa shape index (κ2) is 14.4. The van der Waals surface area contributed by atoms with Crippen molar-refractivity contribution in [3.8, 4) is 11.1 Å². The molecule has 2 amide bonds. The summed E-state index contributed by atoms with van der Waals surface area (Å²) in [6.07, 6.45) is 4.76. The molecule has 5 rings (SSSR count). The summed E-state index contributed by atoms with van der Waals surface area (Å²) < 4.78 is 0. The molecule has 1 heterocycles. The van der Waals surface area contributed by atoms with Crippen LogP contribution in [0.25, 0.3) is 11.1 Å². The van der Waals surface area contributed by atoms with Crippen LogP contribution in [0.4, 0.5) is 34.4 Å². The van der Waals surface area contributed by atoms with Gasteiger partial charge in [-0.3, -0.25) is 9.59 Å². The molecule has 220 valence electrons. The van der Waals surface area contributed by atoms with Gasteiger partial charge in [-0.1, -0.05) is 54.6 Å². The summed E-state index contributed by atoms with van der Waals surface area (Å²) in [5.74, 6) is 0.750. The third kappa shape index (κ3) is 8.60. The molecule has 0 aliphatic carbocycles. The number of nitrogens with one attached hydrogen (secondary N) is 4. The molecule has 0 spiro atoms. The average molecular weight is 584 g/mol. The minimum atomic E-state index is -0.266. The molecule has 0 fully saturated rings. The molecule has 0 saturated carbocycles. The van der Waals surface area contributed by atoms with Crippen molar-refractivity contribution in [3.63, 3.8) is 0 Å². The van der Waals surface area contributed by atoms with Crippen LogP contribution in [-0.4, -0.2) is 47.3 Å². The first kappa shape index (κ1) is 29.7. The predicted octanol–water partition coefficient (Wildman–Crippen LogP) is 6.94. The standard InChI is InChI=1S/C35H33N7O2/c1-42(2)21-7-12-34(43)40-29-19-15-27(16-20-29)35(44)41-31-11-6-10-30(22-31)39-33-23-32(36-24-37-33)38-28-17-13-26(14-18-28)25-8-4-3-5-9-25/h3-20,22-24H,21H2,1-2H3,(H,40,43)(H,41,44)(H2,36,37,38,39). The Hall–Kier alpha value is -5.80. The lowest BCUT2D eigenvalue weighted by Crippen LogP contribution is -2.13. The van der Waals surface area contributed by atoms with Gasteiger partial charge in [-0.2, -0.15) is 0 Å². The third-order valence-electron chi connectivity index (χ3n) is 6.48. The number of rotatable bonds is 11. The Morgan fingerprint density at radius 3 is 2.00 bits per heavy atom. The molecule has 4 aromatic carbocycles. The van der Waals surface area contributed by atoms with E-state index in [9.17, 15) is 9.59 Å². The zero-order chi connectivity index (χ0) is 30.7. The number of hydrogen-bond acceptors (Lipinski definition) is 7. The number of carbonyl (C=O) groups excluding carboxylic acids is 2. The Morgan fingerprint density at radius 1 is 0.659 bits per heavy atom. The highest BCUT2D eigenvalue weighted by atomic mass is 16.2. The second-order valence-corrected chi connectivity index (χ2v) is 10.2. The molecule has 1 aromatic heterocycles. The van der Waals surface area contributed by atoms with Gasteiger partial charge in [0.05, 0.1) is 0 Å². The van der Waals surface area contributed by atoms with Gasteiger partial charge >= 0.3 is 0 Å². The Bertz CT molecular complexity index is 1740. The molecule has 0 saturated heterocycles. The highest BCUT2D eigenvalue weighted by Crippen LogP contribution is 2.25. The Morgan fingerprint density at radius 2 is 1.30 bits per heavy atom. The number of aromatic nitrogens is 2. The van der Waals surface area contributed by atoms with Crippen molar-refractivity contribution >= 4 is 46.2 Å². The van der Waals surface area contributed by atoms with Crippen molar-refractivity contribution in [2.75, 3.05) is 41.9 Å². The first-order valence-electron chi connectivity index (χ1n) is 14.1. The summed E-state index contributed by atoms with van der Waals surface area (Å²) in [5, 5.41) is 12.3. The monoisotopic (exact) mass is 583 g/mol. The van der Waals surface area contributed by atoms with E-state index in [4.69, 9.17) is 0 Å². The van der Waals surface area contributed by atoms with Gasteiger partial charge in [-0.15, -0.1) is 0 Å². The highest BCUT2D eigenvalue weighted by molar-refractivity contribution is 6.05. The van der Waals surface area contributed by atoms with Crippen LogP contribution >= 0.6 is 0 Å². The molecule has 5 aromatic rings. The third-order valence-corrected chi connectivity index (χ3v) is 6.48. The van der Waals surface area contributed by atoms with Gasteiger partial charge in [-0.25, -0.2) is 9.97 Å². The quantitative estimate of drug-likeness (QED) is 0.125. The van der Waals surface area contributed by atoms with Gasteiger partial charge in [0, 0.05) is 47.0 Å². The molecule has 44 heavy (non-hydrogen) atoms. The molecule has 0 radical (unpaired) electrons. The summed E-state index contributed by atoms with van der Waals surface area (Å²) in [4.78, 5) is 35.6. The van der Waals surface area contributed by atoms with Gasteiger partial charge in [0.2, 0.25) is 5.91 Å². The van der Waals surface area contributed by atoms with Gasteiger partial charge in [-0.05, 0) is 79.8 Å². The van der Waals surface area contributed by atoms with Crippen molar-refractivity contribution in [1.29, 1.82) is 0 Å². The van der Waals surface area contributed by atoms with Crippen molar-refractivity contribution in [3.05, 3.63) is 133 Å². The maximum absolute atomic E-state index is 12.9. The maximum atomic E-state index is 12.9. The molecule has 0 atom stereocenters. The van der Waals surface area contributed by atoms with Gasteiger partial charge < -0.3 is 26.2 Å². The van der Waals surface area contributed by atoms with Gasteiger partial charge in [0.15, 0.2) is 0 Å². The Kier molecular flexibility index (Phi) is 9.71. The topological polar surface area (TPSA) is 111 Å². The van der Waals surface area contributed by atoms with Crippen LogP contribution in [0.5, 0.6) is 0 Å². The lowest BCUT2D eigenvalue weighted by atomic mass is 10.1. The van der Waals surface area contributed by atoms with Gasteiger partial charge in [0.25, 0.3) is 5.91 Å². The van der Waals surface area contributed by atoms with Crippen molar-refractivity contribution in [1.82, 2.24) is 14.9 Å². The van der Waals surface area contributed by atoms with E-state index in [2.05, 4.69) is 55.5 Å². The van der Waals surface area contributed by atoms with E-state index in [-0.39, 0.29) is 11.8 Å². The number of anilines is 6. The number of carbonyl (C=O) groups is 2. The van der Waals surface area contributed by atoms with Crippen LogP contribution < -0.4 is 21.3 Å². The smallest absolute Gasteiger partial charge is 0.255 e. The SMILES string of the molecule is CN(C)CC=CC(=O)Nc1ccc(C(=O)Nc2cccc(Nc3cc(Nc4ccc(-c5ccccc5)cc4)ncn3)c2)cc1. The van der Waals surface area contributed by atoms with Crippen LogP contribution in [-0.2, 0) is 4.79 Å². The fourth-order valence-electron chi connectivity index (χ4n) is 4.30. The number of likely N-dealkylation sites (N-methyl/N-ethyl adjacent to an activating group) is 1. The highest BCUT2D eigenvalue weighted by Gasteiger charge is 2.08. The van der Waals surface area contributed by atoms with Gasteiger partial charge in [0.1, 0.15) is 18.0 Å². The first-order valence-corrected chi connectivity index (χ1v) is 14.1. The normalized spacial score (nSPS) is 10.9. The molecule has 0 bridgehead atoms. The van der Waals surface area contributed by atoms with E-state index in [1.807, 2.05) is 79.7 Å². The van der Waals surface area contributed by atoms with E-state index in [1.165, 1.54) is 12.4 Å². The molecular weight excluding hydrogens is 550 g/mol. The molecular formula is C35H33N7O2. The van der Waals surface area contributed by atoms with E-state index >= 15 is 0 Å². The maximum Gasteiger partial charge on any atom is 0.255 e. The number of benzene rings is 4. The average Bonchev–Trinajstić information content (AvgIpc) is 3.02. The molecule has 0 aliphatic rings. The molecule has 9 heteroatoms. The molecule has 0 aliphatic heterocycles. The minimum absolute atomic E-state index is 0.225. The van der Waals surface area contributed by atoms with Crippen LogP contribution in [0.3, 0.4) is 0 Å². The largest absolute Gasteiger partial charge is 0.340 e. The first-order chi connectivity index (χ1) is 21.4. The lowest BCUT2D eigenvalue weighted by molar-refractivity contribution is -0.111. The van der Waals surface area contributed by atoms with E-state index in [1.54, 1.807) is 30.3 Å². The number of hydrogen-bond donors (Lipinski definition) is 4. The number of amides is 2. The Labute approximate surface area is 256 Å². The predicted molar refractivity (Wildman–Crippen MR) is 178 cm³/mol. The van der Waals surface area contributed by atoms with Crippen molar-refractivity contribution < 1.29 is 9.59 Å². The van der Waals surface area contributed by atoms with E-state index < -0.39 is 0 Å². The van der Waals surface area contributed by atoms with Crippen LogP contribution in [0.1, 0.15) is 10.4 Å². The summed E-state index contributed by atoms with van der Waals surface area (Å²) in [6.45, 7) is 0.672. The summed E-state index contributed by atoms with van der Waals surface area (Å²) >= 11 is 0. The van der Waals surface area contributed by atoms with Crippen molar-refractivity contribution in [2.45, 2.75) is 0 Å². The fourth-order valence-corrected chi connectivity index (χ4v) is 4.30. The molecule has 0 unspecified atom stereocenters. The van der Waals surface area contributed by atoms with E-state index in [0.717, 1.165) is 22.5 Å². The van der Waals surface area contributed by atoms with E-state index in [0.29, 0.717) is 35.1 Å².